The van der Waals surface area contributed by atoms with Crippen LogP contribution in [-0.2, 0) is 16.1 Å². The lowest BCUT2D eigenvalue weighted by molar-refractivity contribution is -0.136. The maximum Gasteiger partial charge on any atom is 0.255 e. The highest BCUT2D eigenvalue weighted by atomic mass is 16.5. The van der Waals surface area contributed by atoms with Crippen LogP contribution in [-0.4, -0.2) is 70.9 Å². The summed E-state index contributed by atoms with van der Waals surface area (Å²) >= 11 is 0. The van der Waals surface area contributed by atoms with E-state index < -0.39 is 11.9 Å². The first-order valence-electron chi connectivity index (χ1n) is 12.7. The van der Waals surface area contributed by atoms with Crippen LogP contribution >= 0.6 is 0 Å². The Morgan fingerprint density at radius 2 is 1.92 bits per heavy atom. The molecule has 2 saturated heterocycles. The molecule has 1 aliphatic carbocycles. The highest BCUT2D eigenvalue weighted by Gasteiger charge is 2.42. The molecule has 1 aromatic carbocycles. The van der Waals surface area contributed by atoms with E-state index in [-0.39, 0.29) is 24.3 Å². The van der Waals surface area contributed by atoms with E-state index in [4.69, 9.17) is 9.47 Å². The molecule has 1 saturated carbocycles. The van der Waals surface area contributed by atoms with E-state index in [1.807, 2.05) is 18.2 Å². The van der Waals surface area contributed by atoms with Crippen molar-refractivity contribution in [2.45, 2.75) is 62.8 Å². The Balaban J connectivity index is 1.09. The van der Waals surface area contributed by atoms with Crippen molar-refractivity contribution >= 4 is 17.7 Å². The molecule has 3 atom stereocenters. The number of hydrogen-bond donors (Lipinski definition) is 1. The Morgan fingerprint density at radius 3 is 2.72 bits per heavy atom. The van der Waals surface area contributed by atoms with Gasteiger partial charge in [-0.15, -0.1) is 0 Å². The van der Waals surface area contributed by atoms with Crippen molar-refractivity contribution in [1.29, 1.82) is 0 Å². The third kappa shape index (κ3) is 4.11. The summed E-state index contributed by atoms with van der Waals surface area (Å²) in [5.41, 5.74) is 2.73. The van der Waals surface area contributed by atoms with Crippen LogP contribution in [0.3, 0.4) is 0 Å². The number of nitrogens with one attached hydrogen (secondary N) is 1. The summed E-state index contributed by atoms with van der Waals surface area (Å²) in [5.74, 6) is 1.06. The molecule has 3 fully saturated rings. The van der Waals surface area contributed by atoms with Gasteiger partial charge < -0.3 is 14.4 Å². The number of rotatable bonds is 6. The topological polar surface area (TPSA) is 101 Å². The first-order chi connectivity index (χ1) is 17.5. The summed E-state index contributed by atoms with van der Waals surface area (Å²) in [6.07, 6.45) is 5.78. The number of carbonyl (C=O) groups excluding carboxylic acids is 3. The molecule has 188 valence electrons. The number of benzene rings is 1. The summed E-state index contributed by atoms with van der Waals surface area (Å²) in [6.45, 7) is 2.35. The van der Waals surface area contributed by atoms with Gasteiger partial charge in [-0.2, -0.15) is 0 Å². The lowest BCUT2D eigenvalue weighted by Gasteiger charge is -2.45. The molecule has 36 heavy (non-hydrogen) atoms. The Hall–Kier alpha value is -3.46. The van der Waals surface area contributed by atoms with Gasteiger partial charge in [0.2, 0.25) is 17.7 Å². The van der Waals surface area contributed by atoms with E-state index in [9.17, 15) is 14.4 Å². The number of imide groups is 1. The Kier molecular flexibility index (Phi) is 5.87. The molecule has 6 rings (SSSR count). The number of pyridine rings is 1. The molecular formula is C27H30N4O5. The van der Waals surface area contributed by atoms with E-state index in [0.717, 1.165) is 43.7 Å². The zero-order valence-electron chi connectivity index (χ0n) is 20.3. The molecule has 2 aromatic rings. The van der Waals surface area contributed by atoms with Gasteiger partial charge in [-0.1, -0.05) is 0 Å². The van der Waals surface area contributed by atoms with Crippen LogP contribution in [0, 0.1) is 0 Å². The van der Waals surface area contributed by atoms with Gasteiger partial charge >= 0.3 is 0 Å². The molecular weight excluding hydrogens is 460 g/mol. The van der Waals surface area contributed by atoms with Crippen molar-refractivity contribution < 1.29 is 23.9 Å². The van der Waals surface area contributed by atoms with Gasteiger partial charge in [0.15, 0.2) is 0 Å². The monoisotopic (exact) mass is 490 g/mol. The average Bonchev–Trinajstić information content (AvgIpc) is 3.42. The molecule has 0 radical (unpaired) electrons. The predicted molar refractivity (Wildman–Crippen MR) is 130 cm³/mol. The van der Waals surface area contributed by atoms with Crippen molar-refractivity contribution in [3.05, 3.63) is 53.2 Å². The fraction of sp³-hybridized carbons (Fsp3) is 0.481. The summed E-state index contributed by atoms with van der Waals surface area (Å²) in [6, 6.07) is 9.47. The van der Waals surface area contributed by atoms with Crippen LogP contribution in [0.5, 0.6) is 11.6 Å². The van der Waals surface area contributed by atoms with E-state index in [1.165, 1.54) is 5.56 Å². The molecule has 1 aromatic heterocycles. The SMILES string of the molecule is COc1cc(C2CN([C@@H]3CCC[C@H]3Oc3ccc4c(c3)CN(C3CCC(=O)NC3=O)C4=O)C2)ccn1. The van der Waals surface area contributed by atoms with Crippen LogP contribution in [0.2, 0.25) is 0 Å². The Labute approximate surface area is 209 Å². The first-order valence-corrected chi connectivity index (χ1v) is 12.7. The molecule has 1 unspecified atom stereocenters. The third-order valence-electron chi connectivity index (χ3n) is 8.02. The van der Waals surface area contributed by atoms with Gasteiger partial charge in [-0.05, 0) is 61.1 Å². The summed E-state index contributed by atoms with van der Waals surface area (Å²) in [5, 5.41) is 2.35. The lowest BCUT2D eigenvalue weighted by Crippen LogP contribution is -2.54. The summed E-state index contributed by atoms with van der Waals surface area (Å²) in [4.78, 5) is 45.0. The maximum absolute atomic E-state index is 13.0. The molecule has 4 heterocycles. The highest BCUT2D eigenvalue weighted by Crippen LogP contribution is 2.37. The van der Waals surface area contributed by atoms with Crippen molar-refractivity contribution in [1.82, 2.24) is 20.1 Å². The van der Waals surface area contributed by atoms with Crippen LogP contribution in [0.1, 0.15) is 59.5 Å². The van der Waals surface area contributed by atoms with Crippen molar-refractivity contribution in [2.75, 3.05) is 20.2 Å². The number of likely N-dealkylation sites (tertiary alicyclic amines) is 1. The normalized spacial score (nSPS) is 26.5. The minimum atomic E-state index is -0.606. The Bertz CT molecular complexity index is 1210. The molecule has 0 spiro atoms. The second-order valence-corrected chi connectivity index (χ2v) is 10.2. The zero-order valence-corrected chi connectivity index (χ0v) is 20.3. The fourth-order valence-electron chi connectivity index (χ4n) is 6.05. The van der Waals surface area contributed by atoms with Crippen LogP contribution < -0.4 is 14.8 Å². The number of fused-ring (bicyclic) bond motifs is 1. The van der Waals surface area contributed by atoms with E-state index in [2.05, 4.69) is 21.3 Å². The number of piperidine rings is 1. The van der Waals surface area contributed by atoms with E-state index in [1.54, 1.807) is 24.3 Å². The van der Waals surface area contributed by atoms with E-state index >= 15 is 0 Å². The molecule has 3 amide bonds. The molecule has 4 aliphatic rings. The smallest absolute Gasteiger partial charge is 0.255 e. The van der Waals surface area contributed by atoms with Gasteiger partial charge in [0.25, 0.3) is 5.91 Å². The van der Waals surface area contributed by atoms with Gasteiger partial charge in [-0.25, -0.2) is 4.98 Å². The van der Waals surface area contributed by atoms with E-state index in [0.29, 0.717) is 36.4 Å². The minimum Gasteiger partial charge on any atom is -0.489 e. The molecule has 1 N–H and O–H groups in total. The number of hydrogen-bond acceptors (Lipinski definition) is 7. The molecule has 9 nitrogen and oxygen atoms in total. The predicted octanol–water partition coefficient (Wildman–Crippen LogP) is 2.25. The average molecular weight is 491 g/mol. The standard InChI is InChI=1S/C27H30N4O5/c1-35-25-12-16(9-10-28-25)18-13-30(14-18)21-3-2-4-23(21)36-19-5-6-20-17(11-19)15-31(27(20)34)22-7-8-24(32)29-26(22)33/h5-6,9-12,18,21-23H,2-4,7-8,13-15H2,1H3,(H,29,32,33)/t21-,22?,23-/m1/s1. The number of amides is 3. The van der Waals surface area contributed by atoms with Crippen LogP contribution in [0.15, 0.2) is 36.5 Å². The second kappa shape index (κ2) is 9.20. The lowest BCUT2D eigenvalue weighted by atomic mass is 9.90. The van der Waals surface area contributed by atoms with Gasteiger partial charge in [0, 0.05) is 55.8 Å². The highest BCUT2D eigenvalue weighted by molar-refractivity contribution is 6.05. The number of ether oxygens (including phenoxy) is 2. The quantitative estimate of drug-likeness (QED) is 0.620. The maximum atomic E-state index is 13.0. The summed E-state index contributed by atoms with van der Waals surface area (Å²) < 4.78 is 11.7. The number of carbonyl (C=O) groups is 3. The van der Waals surface area contributed by atoms with Crippen molar-refractivity contribution in [3.8, 4) is 11.6 Å². The van der Waals surface area contributed by atoms with Crippen molar-refractivity contribution in [2.24, 2.45) is 0 Å². The number of nitrogens with zero attached hydrogens (tertiary/aromatic N) is 3. The number of aromatic nitrogens is 1. The van der Waals surface area contributed by atoms with Gasteiger partial charge in [-0.3, -0.25) is 24.6 Å². The third-order valence-corrected chi connectivity index (χ3v) is 8.02. The van der Waals surface area contributed by atoms with Crippen molar-refractivity contribution in [3.63, 3.8) is 0 Å². The van der Waals surface area contributed by atoms with Crippen LogP contribution in [0.25, 0.3) is 0 Å². The molecule has 3 aliphatic heterocycles. The van der Waals surface area contributed by atoms with Gasteiger partial charge in [0.1, 0.15) is 17.9 Å². The zero-order chi connectivity index (χ0) is 24.8. The summed E-state index contributed by atoms with van der Waals surface area (Å²) in [7, 11) is 1.64. The molecule has 9 heteroatoms. The fourth-order valence-corrected chi connectivity index (χ4v) is 6.05. The van der Waals surface area contributed by atoms with Gasteiger partial charge in [0.05, 0.1) is 7.11 Å². The molecule has 0 bridgehead atoms. The van der Waals surface area contributed by atoms with Crippen LogP contribution in [0.4, 0.5) is 0 Å². The largest absolute Gasteiger partial charge is 0.489 e. The first kappa shape index (κ1) is 23.0. The number of methoxy groups -OCH3 is 1. The minimum absolute atomic E-state index is 0.110. The Morgan fingerprint density at radius 1 is 1.06 bits per heavy atom. The second-order valence-electron chi connectivity index (χ2n) is 10.2.